The van der Waals surface area contributed by atoms with E-state index in [4.69, 9.17) is 9.31 Å². The summed E-state index contributed by atoms with van der Waals surface area (Å²) in [5.41, 5.74) is -1.11. The van der Waals surface area contributed by atoms with Crippen LogP contribution in [0.2, 0.25) is 0 Å². The highest BCUT2D eigenvalue weighted by atomic mass is 79.9. The van der Waals surface area contributed by atoms with Gasteiger partial charge in [0.1, 0.15) is 17.3 Å². The predicted octanol–water partition coefficient (Wildman–Crippen LogP) is 3.10. The maximum absolute atomic E-state index is 14.4. The van der Waals surface area contributed by atoms with Crippen LogP contribution in [0.3, 0.4) is 0 Å². The maximum Gasteiger partial charge on any atom is 0.620 e. The van der Waals surface area contributed by atoms with Crippen molar-refractivity contribution in [2.24, 2.45) is 11.3 Å². The Morgan fingerprint density at radius 3 is 2.72 bits per heavy atom. The van der Waals surface area contributed by atoms with Crippen LogP contribution in [-0.4, -0.2) is 43.6 Å². The number of hydrogen-bond donors (Lipinski definition) is 2. The summed E-state index contributed by atoms with van der Waals surface area (Å²) in [6.45, 7) is 5.03. The van der Waals surface area contributed by atoms with Crippen LogP contribution in [0.1, 0.15) is 37.6 Å². The van der Waals surface area contributed by atoms with Gasteiger partial charge >= 0.3 is 13.1 Å². The molecular weight excluding hydrogens is 482 g/mol. The Balaban J connectivity index is 1.64. The third-order valence-corrected chi connectivity index (χ3v) is 5.80. The zero-order chi connectivity index (χ0) is 23.5. The van der Waals surface area contributed by atoms with Gasteiger partial charge < -0.3 is 19.9 Å². The molecule has 1 aliphatic carbocycles. The Morgan fingerprint density at radius 2 is 2.00 bits per heavy atom. The Labute approximate surface area is 195 Å². The van der Waals surface area contributed by atoms with Gasteiger partial charge in [-0.25, -0.2) is 9.18 Å². The molecule has 0 saturated heterocycles. The van der Waals surface area contributed by atoms with Crippen LogP contribution in [0.15, 0.2) is 47.0 Å². The Morgan fingerprint density at radius 1 is 1.28 bits per heavy atom. The molecule has 0 bridgehead atoms. The molecule has 1 aromatic rings. The van der Waals surface area contributed by atoms with Gasteiger partial charge in [-0.2, -0.15) is 0 Å². The zero-order valence-corrected chi connectivity index (χ0v) is 19.6. The summed E-state index contributed by atoms with van der Waals surface area (Å²) in [5, 5.41) is 5.26. The average molecular weight is 507 g/mol. The van der Waals surface area contributed by atoms with E-state index in [-0.39, 0.29) is 12.5 Å². The monoisotopic (exact) mass is 506 g/mol. The van der Waals surface area contributed by atoms with Gasteiger partial charge in [0.2, 0.25) is 11.8 Å². The van der Waals surface area contributed by atoms with Crippen molar-refractivity contribution >= 4 is 40.8 Å². The van der Waals surface area contributed by atoms with Crippen molar-refractivity contribution in [3.63, 3.8) is 0 Å². The van der Waals surface area contributed by atoms with E-state index < -0.39 is 42.4 Å². The molecule has 0 saturated carbocycles. The molecule has 170 valence electrons. The van der Waals surface area contributed by atoms with E-state index >= 15 is 0 Å². The molecule has 1 heterocycles. The summed E-state index contributed by atoms with van der Waals surface area (Å²) in [6, 6.07) is 6.71. The predicted molar refractivity (Wildman–Crippen MR) is 122 cm³/mol. The smallest absolute Gasteiger partial charge is 0.524 e. The summed E-state index contributed by atoms with van der Waals surface area (Å²) in [5.74, 6) is -1.73. The fraction of sp³-hybridized carbons (Fsp3) is 0.409. The van der Waals surface area contributed by atoms with Crippen LogP contribution in [0.5, 0.6) is 5.75 Å². The number of fused-ring (bicyclic) bond motifs is 1. The topological polar surface area (TPSA) is 93.7 Å². The van der Waals surface area contributed by atoms with Crippen LogP contribution < -0.4 is 15.3 Å². The highest BCUT2D eigenvalue weighted by Crippen LogP contribution is 2.34. The van der Waals surface area contributed by atoms with Crippen LogP contribution in [0, 0.1) is 11.3 Å². The largest absolute Gasteiger partial charge is 0.620 e. The quantitative estimate of drug-likeness (QED) is 0.554. The minimum absolute atomic E-state index is 0.164. The first-order chi connectivity index (χ1) is 15.1. The number of carbonyl (C=O) groups is 3. The van der Waals surface area contributed by atoms with Gasteiger partial charge in [0.25, 0.3) is 0 Å². The number of nitrogens with one attached hydrogen (secondary N) is 2. The molecule has 3 rings (SSSR count). The molecule has 3 atom stereocenters. The van der Waals surface area contributed by atoms with Crippen molar-refractivity contribution in [3.05, 3.63) is 52.5 Å². The van der Waals surface area contributed by atoms with Crippen molar-refractivity contribution in [2.45, 2.75) is 39.3 Å². The fourth-order valence-corrected chi connectivity index (χ4v) is 4.18. The number of alkyl halides is 1. The first-order valence-electron chi connectivity index (χ1n) is 10.3. The lowest BCUT2D eigenvalue weighted by atomic mass is 9.72. The molecule has 7 nitrogen and oxygen atoms in total. The van der Waals surface area contributed by atoms with E-state index in [1.54, 1.807) is 24.3 Å². The van der Waals surface area contributed by atoms with Crippen molar-refractivity contribution < 1.29 is 28.1 Å². The summed E-state index contributed by atoms with van der Waals surface area (Å²) in [6.07, 6.45) is 3.25. The van der Waals surface area contributed by atoms with Gasteiger partial charge in [-0.1, -0.05) is 48.0 Å². The standard InChI is InChI=1S/C22H25BBrFN2O5/c1-13(2)10-18(23-31-16-7-5-4-6-15(16)20(29)32-23)27-19(28)12-26-21(30)22(3)11-14(24)8-9-17(22)25/h4-9,11,13,17-18H,10,12H2,1-3H3,(H,26,30)(H,27,28)/t17?,18-,22?/m0/s1. The van der Waals surface area contributed by atoms with Gasteiger partial charge in [0.15, 0.2) is 0 Å². The minimum atomic E-state index is -1.52. The van der Waals surface area contributed by atoms with Crippen molar-refractivity contribution in [3.8, 4) is 5.75 Å². The highest BCUT2D eigenvalue weighted by molar-refractivity contribution is 9.11. The number of halogens is 2. The van der Waals surface area contributed by atoms with Gasteiger partial charge in [-0.15, -0.1) is 0 Å². The summed E-state index contributed by atoms with van der Waals surface area (Å²) >= 11 is 3.25. The molecule has 2 aliphatic rings. The molecule has 1 aliphatic heterocycles. The number of allylic oxidation sites excluding steroid dienone is 3. The lowest BCUT2D eigenvalue weighted by Gasteiger charge is -2.30. The Bertz CT molecular complexity index is 969. The molecule has 2 amide bonds. The van der Waals surface area contributed by atoms with Crippen molar-refractivity contribution in [2.75, 3.05) is 6.54 Å². The molecule has 0 fully saturated rings. The first-order valence-corrected chi connectivity index (χ1v) is 11.1. The molecule has 0 radical (unpaired) electrons. The second kappa shape index (κ2) is 9.89. The lowest BCUT2D eigenvalue weighted by Crippen LogP contribution is -2.56. The molecule has 1 aromatic carbocycles. The Kier molecular flexibility index (Phi) is 7.43. The third-order valence-electron chi connectivity index (χ3n) is 5.31. The van der Waals surface area contributed by atoms with Gasteiger partial charge in [-0.3, -0.25) is 9.59 Å². The molecule has 2 N–H and O–H groups in total. The SMILES string of the molecule is CC(C)C[C@H](NC(=O)CNC(=O)C1(C)C=C(Br)C=CC1F)B1OC(=O)c2ccccc2O1. The first kappa shape index (κ1) is 24.0. The average Bonchev–Trinajstić information content (AvgIpc) is 2.74. The Hall–Kier alpha value is -2.62. The number of amides is 2. The van der Waals surface area contributed by atoms with Gasteiger partial charge in [0.05, 0.1) is 18.0 Å². The van der Waals surface area contributed by atoms with Crippen LogP contribution in [0.4, 0.5) is 4.39 Å². The normalized spacial score (nSPS) is 22.9. The molecule has 10 heteroatoms. The minimum Gasteiger partial charge on any atom is -0.524 e. The third kappa shape index (κ3) is 5.41. The summed E-state index contributed by atoms with van der Waals surface area (Å²) in [4.78, 5) is 37.5. The lowest BCUT2D eigenvalue weighted by molar-refractivity contribution is -0.132. The molecule has 0 aromatic heterocycles. The van der Waals surface area contributed by atoms with Crippen LogP contribution in [0.25, 0.3) is 0 Å². The summed E-state index contributed by atoms with van der Waals surface area (Å²) < 4.78 is 26.2. The van der Waals surface area contributed by atoms with Crippen LogP contribution in [-0.2, 0) is 14.2 Å². The fourth-order valence-electron chi connectivity index (χ4n) is 3.56. The van der Waals surface area contributed by atoms with Gasteiger partial charge in [0, 0.05) is 4.48 Å². The van der Waals surface area contributed by atoms with Crippen molar-refractivity contribution in [1.29, 1.82) is 0 Å². The second-order valence-electron chi connectivity index (χ2n) is 8.45. The number of benzene rings is 1. The number of rotatable bonds is 7. The molecule has 32 heavy (non-hydrogen) atoms. The van der Waals surface area contributed by atoms with Gasteiger partial charge in [-0.05, 0) is 43.5 Å². The van der Waals surface area contributed by atoms with Crippen molar-refractivity contribution in [1.82, 2.24) is 10.6 Å². The zero-order valence-electron chi connectivity index (χ0n) is 18.1. The van der Waals surface area contributed by atoms with E-state index in [1.165, 1.54) is 25.2 Å². The van der Waals surface area contributed by atoms with E-state index in [0.29, 0.717) is 22.2 Å². The van der Waals surface area contributed by atoms with E-state index in [2.05, 4.69) is 26.6 Å². The maximum atomic E-state index is 14.4. The van der Waals surface area contributed by atoms with E-state index in [9.17, 15) is 18.8 Å². The number of hydrogen-bond acceptors (Lipinski definition) is 5. The number of carbonyl (C=O) groups excluding carboxylic acids is 3. The van der Waals surface area contributed by atoms with E-state index in [0.717, 1.165) is 0 Å². The number of para-hydroxylation sites is 1. The molecule has 0 spiro atoms. The molecular formula is C22H25BBrFN2O5. The molecule has 2 unspecified atom stereocenters. The van der Waals surface area contributed by atoms with E-state index in [1.807, 2.05) is 13.8 Å². The second-order valence-corrected chi connectivity index (χ2v) is 9.36. The highest BCUT2D eigenvalue weighted by Gasteiger charge is 2.43. The summed E-state index contributed by atoms with van der Waals surface area (Å²) in [7, 11) is -1.01. The van der Waals surface area contributed by atoms with Crippen LogP contribution >= 0.6 is 15.9 Å².